The number of imide groups is 1. The summed E-state index contributed by atoms with van der Waals surface area (Å²) < 4.78 is 0. The number of carbonyl (C=O) groups is 2. The molecule has 0 spiro atoms. The summed E-state index contributed by atoms with van der Waals surface area (Å²) in [6.45, 7) is 5.56. The summed E-state index contributed by atoms with van der Waals surface area (Å²) in [5.74, 6) is -0.420. The first kappa shape index (κ1) is 20.3. The molecular formula is C24H27N3O3. The Morgan fingerprint density at radius 3 is 2.70 bits per heavy atom. The molecular weight excluding hydrogens is 378 g/mol. The van der Waals surface area contributed by atoms with Gasteiger partial charge in [-0.2, -0.15) is 0 Å². The van der Waals surface area contributed by atoms with Crippen LogP contribution < -0.4 is 0 Å². The highest BCUT2D eigenvalue weighted by Gasteiger charge is 2.42. The third-order valence-corrected chi connectivity index (χ3v) is 5.95. The molecule has 0 aliphatic carbocycles. The Kier molecular flexibility index (Phi) is 5.68. The molecule has 4 rings (SSSR count). The molecule has 0 radical (unpaired) electrons. The lowest BCUT2D eigenvalue weighted by Crippen LogP contribution is -2.40. The van der Waals surface area contributed by atoms with Crippen molar-refractivity contribution in [1.82, 2.24) is 14.8 Å². The van der Waals surface area contributed by atoms with E-state index in [0.29, 0.717) is 24.4 Å². The summed E-state index contributed by atoms with van der Waals surface area (Å²) >= 11 is 0. The molecule has 1 aromatic heterocycles. The van der Waals surface area contributed by atoms with Gasteiger partial charge in [-0.05, 0) is 55.4 Å². The molecule has 1 atom stereocenters. The van der Waals surface area contributed by atoms with Crippen molar-refractivity contribution in [2.75, 3.05) is 19.7 Å². The first-order valence-corrected chi connectivity index (χ1v) is 10.4. The van der Waals surface area contributed by atoms with Crippen LogP contribution in [0.4, 0.5) is 0 Å². The number of nitrogens with zero attached hydrogens (tertiary/aromatic N) is 3. The third kappa shape index (κ3) is 3.75. The van der Waals surface area contributed by atoms with E-state index in [-0.39, 0.29) is 30.9 Å². The molecule has 2 amide bonds. The van der Waals surface area contributed by atoms with Crippen molar-refractivity contribution in [3.05, 3.63) is 70.7 Å². The monoisotopic (exact) mass is 405 g/mol. The van der Waals surface area contributed by atoms with Crippen LogP contribution in [-0.2, 0) is 16.1 Å². The Balaban J connectivity index is 1.77. The van der Waals surface area contributed by atoms with E-state index >= 15 is 0 Å². The fourth-order valence-electron chi connectivity index (χ4n) is 4.43. The van der Waals surface area contributed by atoms with Crippen molar-refractivity contribution < 1.29 is 14.7 Å². The van der Waals surface area contributed by atoms with E-state index in [1.54, 1.807) is 18.5 Å². The summed E-state index contributed by atoms with van der Waals surface area (Å²) in [5, 5.41) is 9.66. The normalized spacial score (nSPS) is 19.8. The zero-order valence-corrected chi connectivity index (χ0v) is 17.5. The van der Waals surface area contributed by atoms with E-state index in [0.717, 1.165) is 35.1 Å². The average Bonchev–Trinajstić information content (AvgIpc) is 2.99. The standard InChI is InChI=1S/C24H27N3O3/c1-16-7-8-20(17(2)11-16)21-22(26-10-4-6-19(13-26)15-28)24(30)27(23(21)29)14-18-5-3-9-25-12-18/h3,5,7-9,11-12,19,28H,4,6,10,13-15H2,1-2H3. The van der Waals surface area contributed by atoms with Gasteiger partial charge in [0.25, 0.3) is 11.8 Å². The summed E-state index contributed by atoms with van der Waals surface area (Å²) in [4.78, 5) is 34.4. The highest BCUT2D eigenvalue weighted by Crippen LogP contribution is 2.36. The van der Waals surface area contributed by atoms with Crippen LogP contribution in [0.1, 0.15) is 35.1 Å². The number of pyridine rings is 1. The van der Waals surface area contributed by atoms with Gasteiger partial charge < -0.3 is 10.0 Å². The number of carbonyl (C=O) groups excluding carboxylic acids is 2. The van der Waals surface area contributed by atoms with Crippen molar-refractivity contribution in [3.8, 4) is 0 Å². The van der Waals surface area contributed by atoms with E-state index in [9.17, 15) is 14.7 Å². The number of piperidine rings is 1. The second-order valence-electron chi connectivity index (χ2n) is 8.24. The van der Waals surface area contributed by atoms with Crippen molar-refractivity contribution >= 4 is 17.4 Å². The fraction of sp³-hybridized carbons (Fsp3) is 0.375. The van der Waals surface area contributed by atoms with Crippen LogP contribution in [0.2, 0.25) is 0 Å². The predicted octanol–water partition coefficient (Wildman–Crippen LogP) is 2.68. The molecule has 6 heteroatoms. The van der Waals surface area contributed by atoms with Gasteiger partial charge in [0.15, 0.2) is 0 Å². The Hall–Kier alpha value is -2.99. The number of amides is 2. The van der Waals surface area contributed by atoms with Gasteiger partial charge in [-0.3, -0.25) is 19.5 Å². The summed E-state index contributed by atoms with van der Waals surface area (Å²) in [7, 11) is 0. The van der Waals surface area contributed by atoms with E-state index in [4.69, 9.17) is 0 Å². The maximum atomic E-state index is 13.5. The maximum Gasteiger partial charge on any atom is 0.278 e. The molecule has 30 heavy (non-hydrogen) atoms. The Labute approximate surface area is 176 Å². The smallest absolute Gasteiger partial charge is 0.278 e. The van der Waals surface area contributed by atoms with Crippen LogP contribution in [0, 0.1) is 19.8 Å². The predicted molar refractivity (Wildman–Crippen MR) is 114 cm³/mol. The lowest BCUT2D eigenvalue weighted by molar-refractivity contribution is -0.138. The van der Waals surface area contributed by atoms with Crippen LogP contribution in [0.15, 0.2) is 48.4 Å². The van der Waals surface area contributed by atoms with Gasteiger partial charge in [-0.1, -0.05) is 29.8 Å². The molecule has 1 aromatic carbocycles. The molecule has 2 aliphatic heterocycles. The van der Waals surface area contributed by atoms with Crippen molar-refractivity contribution in [2.24, 2.45) is 5.92 Å². The number of hydrogen-bond acceptors (Lipinski definition) is 5. The van der Waals surface area contributed by atoms with Gasteiger partial charge in [-0.25, -0.2) is 0 Å². The molecule has 0 bridgehead atoms. The number of rotatable bonds is 5. The van der Waals surface area contributed by atoms with Gasteiger partial charge in [-0.15, -0.1) is 0 Å². The van der Waals surface area contributed by atoms with E-state index < -0.39 is 0 Å². The van der Waals surface area contributed by atoms with E-state index in [1.807, 2.05) is 43.0 Å². The Morgan fingerprint density at radius 1 is 1.17 bits per heavy atom. The minimum atomic E-state index is -0.267. The minimum Gasteiger partial charge on any atom is -0.396 e. The van der Waals surface area contributed by atoms with Gasteiger partial charge >= 0.3 is 0 Å². The molecule has 156 valence electrons. The van der Waals surface area contributed by atoms with E-state index in [2.05, 4.69) is 4.98 Å². The van der Waals surface area contributed by atoms with Gasteiger partial charge in [0.2, 0.25) is 0 Å². The molecule has 2 aromatic rings. The number of benzene rings is 1. The number of likely N-dealkylation sites (tertiary alicyclic amines) is 1. The van der Waals surface area contributed by atoms with Crippen LogP contribution in [-0.4, -0.2) is 51.4 Å². The van der Waals surface area contributed by atoms with E-state index in [1.165, 1.54) is 4.90 Å². The van der Waals surface area contributed by atoms with Crippen molar-refractivity contribution in [1.29, 1.82) is 0 Å². The lowest BCUT2D eigenvalue weighted by Gasteiger charge is -2.34. The minimum absolute atomic E-state index is 0.0875. The molecule has 0 saturated carbocycles. The van der Waals surface area contributed by atoms with Crippen molar-refractivity contribution in [3.63, 3.8) is 0 Å². The van der Waals surface area contributed by atoms with Crippen LogP contribution >= 0.6 is 0 Å². The van der Waals surface area contributed by atoms with Crippen LogP contribution in [0.3, 0.4) is 0 Å². The second-order valence-corrected chi connectivity index (χ2v) is 8.24. The molecule has 2 aliphatic rings. The SMILES string of the molecule is Cc1ccc(C2=C(N3CCCC(CO)C3)C(=O)N(Cc3cccnc3)C2=O)c(C)c1. The number of hydrogen-bond donors (Lipinski definition) is 1. The largest absolute Gasteiger partial charge is 0.396 e. The van der Waals surface area contributed by atoms with Crippen molar-refractivity contribution in [2.45, 2.75) is 33.2 Å². The Bertz CT molecular complexity index is 1000. The van der Waals surface area contributed by atoms with Gasteiger partial charge in [0.05, 0.1) is 12.1 Å². The number of aryl methyl sites for hydroxylation is 2. The zero-order valence-electron chi connectivity index (χ0n) is 17.5. The molecule has 1 saturated heterocycles. The molecule has 1 unspecified atom stereocenters. The first-order valence-electron chi connectivity index (χ1n) is 10.4. The second kappa shape index (κ2) is 8.40. The fourth-order valence-corrected chi connectivity index (χ4v) is 4.43. The lowest BCUT2D eigenvalue weighted by atomic mass is 9.95. The van der Waals surface area contributed by atoms with Crippen LogP contribution in [0.25, 0.3) is 5.57 Å². The Morgan fingerprint density at radius 2 is 2.00 bits per heavy atom. The first-order chi connectivity index (χ1) is 14.5. The molecule has 1 fully saturated rings. The summed E-state index contributed by atoms with van der Waals surface area (Å²) in [5.41, 5.74) is 4.64. The highest BCUT2D eigenvalue weighted by atomic mass is 16.3. The third-order valence-electron chi connectivity index (χ3n) is 5.95. The summed E-state index contributed by atoms with van der Waals surface area (Å²) in [6, 6.07) is 9.61. The number of aliphatic hydroxyl groups is 1. The highest BCUT2D eigenvalue weighted by molar-refractivity contribution is 6.35. The molecule has 6 nitrogen and oxygen atoms in total. The number of aromatic nitrogens is 1. The molecule has 1 N–H and O–H groups in total. The molecule has 3 heterocycles. The number of aliphatic hydroxyl groups excluding tert-OH is 1. The van der Waals surface area contributed by atoms with Gasteiger partial charge in [0, 0.05) is 32.1 Å². The van der Waals surface area contributed by atoms with Crippen LogP contribution in [0.5, 0.6) is 0 Å². The van der Waals surface area contributed by atoms with Gasteiger partial charge in [0.1, 0.15) is 5.70 Å². The topological polar surface area (TPSA) is 73.7 Å². The average molecular weight is 405 g/mol. The summed E-state index contributed by atoms with van der Waals surface area (Å²) in [6.07, 6.45) is 5.17. The quantitative estimate of drug-likeness (QED) is 0.775. The maximum absolute atomic E-state index is 13.5. The zero-order chi connectivity index (χ0) is 21.3.